The number of guanidine groups is 1. The summed E-state index contributed by atoms with van der Waals surface area (Å²) < 4.78 is 5.29. The molecule has 0 aliphatic heterocycles. The third-order valence-electron chi connectivity index (χ3n) is 3.88. The molecule has 1 unspecified atom stereocenters. The van der Waals surface area contributed by atoms with E-state index in [4.69, 9.17) is 27.7 Å². The van der Waals surface area contributed by atoms with E-state index in [1.165, 1.54) is 0 Å². The molecular weight excluding hydrogens is 512 g/mol. The smallest absolute Gasteiger partial charge is 0.246 e. The lowest BCUT2D eigenvalue weighted by atomic mass is 10.1. The molecule has 0 radical (unpaired) electrons. The first-order valence-electron chi connectivity index (χ1n) is 8.36. The van der Waals surface area contributed by atoms with Crippen LogP contribution in [-0.4, -0.2) is 23.1 Å². The van der Waals surface area contributed by atoms with Crippen molar-refractivity contribution in [3.8, 4) is 11.4 Å². The third kappa shape index (κ3) is 6.08. The maximum Gasteiger partial charge on any atom is 0.246 e. The third-order valence-corrected chi connectivity index (χ3v) is 4.35. The number of hydrogen-bond acceptors (Lipinski definition) is 4. The van der Waals surface area contributed by atoms with Gasteiger partial charge in [0.05, 0.1) is 12.6 Å². The molecule has 9 heteroatoms. The summed E-state index contributed by atoms with van der Waals surface area (Å²) in [5, 5.41) is 11.8. The van der Waals surface area contributed by atoms with Gasteiger partial charge in [-0.1, -0.05) is 52.6 Å². The van der Waals surface area contributed by atoms with Crippen LogP contribution in [0.15, 0.2) is 58.0 Å². The van der Waals surface area contributed by atoms with Crippen molar-refractivity contribution in [2.45, 2.75) is 19.5 Å². The van der Waals surface area contributed by atoms with E-state index < -0.39 is 0 Å². The average Bonchev–Trinajstić information content (AvgIpc) is 3.14. The van der Waals surface area contributed by atoms with Crippen molar-refractivity contribution in [2.24, 2.45) is 4.99 Å². The first kappa shape index (κ1) is 22.4. The highest BCUT2D eigenvalue weighted by Crippen LogP contribution is 2.20. The molecule has 0 aliphatic carbocycles. The molecule has 0 aliphatic rings. The quantitative estimate of drug-likeness (QED) is 0.272. The number of hydrogen-bond donors (Lipinski definition) is 2. The minimum absolute atomic E-state index is 0. The predicted molar refractivity (Wildman–Crippen MR) is 123 cm³/mol. The Balaban J connectivity index is 0.00000280. The molecule has 0 saturated heterocycles. The van der Waals surface area contributed by atoms with Gasteiger partial charge in [-0.05, 0) is 36.8 Å². The fourth-order valence-electron chi connectivity index (χ4n) is 2.49. The highest BCUT2D eigenvalue weighted by atomic mass is 127. The summed E-state index contributed by atoms with van der Waals surface area (Å²) >= 11 is 12.1. The molecule has 6 nitrogen and oxygen atoms in total. The van der Waals surface area contributed by atoms with E-state index in [1.807, 2.05) is 43.3 Å². The van der Waals surface area contributed by atoms with Crippen LogP contribution >= 0.6 is 47.2 Å². The van der Waals surface area contributed by atoms with Crippen LogP contribution in [0, 0.1) is 0 Å². The van der Waals surface area contributed by atoms with Crippen molar-refractivity contribution in [2.75, 3.05) is 7.05 Å². The zero-order chi connectivity index (χ0) is 19.2. The average molecular weight is 532 g/mol. The van der Waals surface area contributed by atoms with Gasteiger partial charge in [0.1, 0.15) is 0 Å². The summed E-state index contributed by atoms with van der Waals surface area (Å²) in [6, 6.07) is 15.0. The van der Waals surface area contributed by atoms with Gasteiger partial charge in [-0.3, -0.25) is 4.99 Å². The lowest BCUT2D eigenvalue weighted by Crippen LogP contribution is -2.38. The Morgan fingerprint density at radius 2 is 1.86 bits per heavy atom. The maximum atomic E-state index is 6.05. The molecule has 0 spiro atoms. The molecule has 1 heterocycles. The van der Waals surface area contributed by atoms with Crippen molar-refractivity contribution in [1.29, 1.82) is 0 Å². The first-order chi connectivity index (χ1) is 13.0. The normalized spacial score (nSPS) is 12.2. The van der Waals surface area contributed by atoms with E-state index >= 15 is 0 Å². The van der Waals surface area contributed by atoms with Crippen LogP contribution < -0.4 is 10.6 Å². The molecule has 0 fully saturated rings. The monoisotopic (exact) mass is 531 g/mol. The fourth-order valence-corrected chi connectivity index (χ4v) is 2.88. The molecule has 2 aromatic carbocycles. The van der Waals surface area contributed by atoms with Gasteiger partial charge in [-0.15, -0.1) is 24.0 Å². The van der Waals surface area contributed by atoms with Crippen LogP contribution in [-0.2, 0) is 6.54 Å². The Kier molecular flexibility index (Phi) is 8.53. The summed E-state index contributed by atoms with van der Waals surface area (Å²) in [6.45, 7) is 2.37. The largest absolute Gasteiger partial charge is 0.350 e. The number of nitrogens with zero attached hydrogens (tertiary/aromatic N) is 3. The molecular formula is C19H20Cl2IN5O. The predicted octanol–water partition coefficient (Wildman–Crippen LogP) is 5.09. The van der Waals surface area contributed by atoms with Crippen LogP contribution in [0.25, 0.3) is 11.4 Å². The Labute approximate surface area is 190 Å². The summed E-state index contributed by atoms with van der Waals surface area (Å²) in [7, 11) is 1.70. The van der Waals surface area contributed by atoms with Crippen molar-refractivity contribution in [1.82, 2.24) is 20.8 Å². The van der Waals surface area contributed by atoms with E-state index in [9.17, 15) is 0 Å². The molecule has 2 N–H and O–H groups in total. The van der Waals surface area contributed by atoms with Crippen molar-refractivity contribution in [3.05, 3.63) is 70.0 Å². The second kappa shape index (κ2) is 10.6. The molecule has 1 aromatic heterocycles. The van der Waals surface area contributed by atoms with Crippen molar-refractivity contribution < 1.29 is 4.52 Å². The molecule has 3 aromatic rings. The molecule has 0 bridgehead atoms. The number of rotatable bonds is 5. The Morgan fingerprint density at radius 3 is 2.54 bits per heavy atom. The van der Waals surface area contributed by atoms with E-state index in [2.05, 4.69) is 25.8 Å². The Bertz CT molecular complexity index is 947. The second-order valence-corrected chi connectivity index (χ2v) is 6.74. The van der Waals surface area contributed by atoms with Gasteiger partial charge in [0.15, 0.2) is 5.96 Å². The van der Waals surface area contributed by atoms with Gasteiger partial charge in [0.2, 0.25) is 11.7 Å². The lowest BCUT2D eigenvalue weighted by molar-refractivity contribution is 0.375. The standard InChI is InChI=1S/C19H19Cl2N5O.HI/c1-12(13-5-3-7-15(20)9-13)24-19(22-2)23-11-17-25-18(26-27-17)14-6-4-8-16(21)10-14;/h3-10,12H,11H2,1-2H3,(H2,22,23,24);1H. The number of benzene rings is 2. The van der Waals surface area contributed by atoms with Crippen molar-refractivity contribution in [3.63, 3.8) is 0 Å². The van der Waals surface area contributed by atoms with Gasteiger partial charge >= 0.3 is 0 Å². The van der Waals surface area contributed by atoms with E-state index in [-0.39, 0.29) is 30.0 Å². The topological polar surface area (TPSA) is 75.3 Å². The van der Waals surface area contributed by atoms with E-state index in [1.54, 1.807) is 19.2 Å². The molecule has 0 amide bonds. The van der Waals surface area contributed by atoms with Crippen LogP contribution in [0.5, 0.6) is 0 Å². The molecule has 0 saturated carbocycles. The zero-order valence-electron chi connectivity index (χ0n) is 15.3. The number of nitrogens with one attached hydrogen (secondary N) is 2. The van der Waals surface area contributed by atoms with E-state index in [0.29, 0.717) is 34.3 Å². The fraction of sp³-hybridized carbons (Fsp3) is 0.211. The molecule has 148 valence electrons. The van der Waals surface area contributed by atoms with Crippen LogP contribution in [0.4, 0.5) is 0 Å². The van der Waals surface area contributed by atoms with Crippen LogP contribution in [0.2, 0.25) is 10.0 Å². The SMILES string of the molecule is CN=C(NCc1nc(-c2cccc(Cl)c2)no1)NC(C)c1cccc(Cl)c1.I. The van der Waals surface area contributed by atoms with Crippen LogP contribution in [0.3, 0.4) is 0 Å². The minimum Gasteiger partial charge on any atom is -0.350 e. The maximum absolute atomic E-state index is 6.05. The number of aliphatic imine (C=N–C) groups is 1. The Hall–Kier alpha value is -1.84. The van der Waals surface area contributed by atoms with Gasteiger partial charge in [0.25, 0.3) is 0 Å². The van der Waals surface area contributed by atoms with Crippen molar-refractivity contribution >= 4 is 53.1 Å². The van der Waals surface area contributed by atoms with Crippen LogP contribution in [0.1, 0.15) is 24.4 Å². The number of aromatic nitrogens is 2. The molecule has 3 rings (SSSR count). The second-order valence-electron chi connectivity index (χ2n) is 5.87. The zero-order valence-corrected chi connectivity index (χ0v) is 19.2. The van der Waals surface area contributed by atoms with Gasteiger partial charge in [-0.2, -0.15) is 4.98 Å². The van der Waals surface area contributed by atoms with Gasteiger partial charge < -0.3 is 15.2 Å². The summed E-state index contributed by atoms with van der Waals surface area (Å²) in [5.41, 5.74) is 1.86. The first-order valence-corrected chi connectivity index (χ1v) is 9.12. The summed E-state index contributed by atoms with van der Waals surface area (Å²) in [6.07, 6.45) is 0. The Morgan fingerprint density at radius 1 is 1.14 bits per heavy atom. The summed E-state index contributed by atoms with van der Waals surface area (Å²) in [4.78, 5) is 8.60. The summed E-state index contributed by atoms with van der Waals surface area (Å²) in [5.74, 6) is 1.55. The van der Waals surface area contributed by atoms with E-state index in [0.717, 1.165) is 11.1 Å². The number of halogens is 3. The lowest BCUT2D eigenvalue weighted by Gasteiger charge is -2.17. The highest BCUT2D eigenvalue weighted by molar-refractivity contribution is 14.0. The van der Waals surface area contributed by atoms with Gasteiger partial charge in [-0.25, -0.2) is 0 Å². The van der Waals surface area contributed by atoms with Gasteiger partial charge in [0, 0.05) is 22.7 Å². The molecule has 28 heavy (non-hydrogen) atoms. The highest BCUT2D eigenvalue weighted by Gasteiger charge is 2.11. The minimum atomic E-state index is 0. The molecule has 1 atom stereocenters.